The zero-order chi connectivity index (χ0) is 13.3. The molecule has 1 aromatic rings. The molecule has 4 heteroatoms. The smallest absolute Gasteiger partial charge is 0.0641 e. The first-order valence-electron chi connectivity index (χ1n) is 7.01. The Balaban J connectivity index is 2.02. The Labute approximate surface area is 110 Å². The first kappa shape index (κ1) is 13.6. The van der Waals surface area contributed by atoms with Gasteiger partial charge in [0.15, 0.2) is 0 Å². The summed E-state index contributed by atoms with van der Waals surface area (Å²) in [6, 6.07) is 1.26. The van der Waals surface area contributed by atoms with E-state index in [2.05, 4.69) is 43.2 Å². The summed E-state index contributed by atoms with van der Waals surface area (Å²) < 4.78 is 1.97. The lowest BCUT2D eigenvalue weighted by molar-refractivity contribution is 0.0434. The third-order valence-corrected chi connectivity index (χ3v) is 4.29. The zero-order valence-electron chi connectivity index (χ0n) is 12.3. The fourth-order valence-electron chi connectivity index (χ4n) is 2.98. The quantitative estimate of drug-likeness (QED) is 0.893. The minimum absolute atomic E-state index is 0.631. The van der Waals surface area contributed by atoms with E-state index in [1.54, 1.807) is 0 Å². The molecule has 0 spiro atoms. The minimum Gasteiger partial charge on any atom is -0.272 e. The second-order valence-corrected chi connectivity index (χ2v) is 5.64. The van der Waals surface area contributed by atoms with Crippen molar-refractivity contribution < 1.29 is 0 Å². The van der Waals surface area contributed by atoms with E-state index in [0.717, 1.165) is 12.2 Å². The molecule has 0 bridgehead atoms. The third-order valence-electron chi connectivity index (χ3n) is 4.29. The van der Waals surface area contributed by atoms with Gasteiger partial charge in [0.25, 0.3) is 0 Å². The van der Waals surface area contributed by atoms with Gasteiger partial charge in [-0.25, -0.2) is 5.01 Å². The van der Waals surface area contributed by atoms with Crippen LogP contribution in [0.2, 0.25) is 0 Å². The largest absolute Gasteiger partial charge is 0.272 e. The fraction of sp³-hybridized carbons (Fsp3) is 0.786. The van der Waals surface area contributed by atoms with Gasteiger partial charge in [-0.15, -0.1) is 0 Å². The van der Waals surface area contributed by atoms with Crippen LogP contribution in [0.3, 0.4) is 0 Å². The molecule has 1 aliphatic rings. The van der Waals surface area contributed by atoms with Crippen LogP contribution < -0.4 is 5.43 Å². The van der Waals surface area contributed by atoms with Crippen molar-refractivity contribution in [2.75, 3.05) is 0 Å². The zero-order valence-corrected chi connectivity index (χ0v) is 12.3. The predicted octanol–water partition coefficient (Wildman–Crippen LogP) is 2.30. The van der Waals surface area contributed by atoms with Crippen LogP contribution in [0, 0.1) is 13.8 Å². The second kappa shape index (κ2) is 5.41. The first-order chi connectivity index (χ1) is 8.50. The maximum atomic E-state index is 4.47. The molecule has 1 aliphatic heterocycles. The first-order valence-corrected chi connectivity index (χ1v) is 7.01. The molecule has 102 valence electrons. The second-order valence-electron chi connectivity index (χ2n) is 5.64. The molecule has 1 fully saturated rings. The minimum atomic E-state index is 0.631. The van der Waals surface area contributed by atoms with E-state index in [9.17, 15) is 0 Å². The van der Waals surface area contributed by atoms with Crippen LogP contribution in [0.1, 0.15) is 50.1 Å². The molecule has 2 rings (SSSR count). The van der Waals surface area contributed by atoms with Crippen molar-refractivity contribution in [3.63, 3.8) is 0 Å². The van der Waals surface area contributed by atoms with Crippen molar-refractivity contribution >= 4 is 0 Å². The van der Waals surface area contributed by atoms with Crippen LogP contribution in [0.25, 0.3) is 0 Å². The molecule has 1 saturated heterocycles. The highest BCUT2D eigenvalue weighted by atomic mass is 15.5. The van der Waals surface area contributed by atoms with E-state index in [1.165, 1.54) is 30.5 Å². The van der Waals surface area contributed by atoms with Gasteiger partial charge < -0.3 is 0 Å². The Morgan fingerprint density at radius 3 is 2.33 bits per heavy atom. The predicted molar refractivity (Wildman–Crippen MR) is 74.1 cm³/mol. The number of piperidine rings is 1. The Hall–Kier alpha value is -0.870. The maximum absolute atomic E-state index is 4.47. The Morgan fingerprint density at radius 1 is 1.22 bits per heavy atom. The molecule has 2 atom stereocenters. The number of nitrogens with one attached hydrogen (secondary N) is 1. The van der Waals surface area contributed by atoms with E-state index >= 15 is 0 Å². The van der Waals surface area contributed by atoms with E-state index in [-0.39, 0.29) is 0 Å². The van der Waals surface area contributed by atoms with Crippen molar-refractivity contribution in [3.05, 3.63) is 17.0 Å². The molecule has 0 aromatic carbocycles. The van der Waals surface area contributed by atoms with Crippen LogP contribution in [-0.4, -0.2) is 26.9 Å². The van der Waals surface area contributed by atoms with Crippen LogP contribution in [-0.2, 0) is 13.6 Å². The van der Waals surface area contributed by atoms with Gasteiger partial charge in [-0.2, -0.15) is 5.10 Å². The summed E-state index contributed by atoms with van der Waals surface area (Å²) in [6.07, 6.45) is 3.94. The van der Waals surface area contributed by atoms with Crippen molar-refractivity contribution in [2.45, 2.75) is 65.6 Å². The Morgan fingerprint density at radius 2 is 1.83 bits per heavy atom. The van der Waals surface area contributed by atoms with Gasteiger partial charge in [-0.05, 0) is 40.5 Å². The molecular weight excluding hydrogens is 224 g/mol. The van der Waals surface area contributed by atoms with Crippen LogP contribution >= 0.6 is 0 Å². The van der Waals surface area contributed by atoms with Crippen LogP contribution in [0.4, 0.5) is 0 Å². The molecule has 1 aromatic heterocycles. The molecule has 0 aliphatic carbocycles. The fourth-order valence-corrected chi connectivity index (χ4v) is 2.98. The topological polar surface area (TPSA) is 33.1 Å². The number of hydrazine groups is 1. The monoisotopic (exact) mass is 250 g/mol. The van der Waals surface area contributed by atoms with Gasteiger partial charge in [-0.1, -0.05) is 6.42 Å². The summed E-state index contributed by atoms with van der Waals surface area (Å²) in [5.41, 5.74) is 7.35. The number of aromatic nitrogens is 2. The lowest BCUT2D eigenvalue weighted by Gasteiger charge is -2.39. The standard InChI is InChI=1S/C14H26N4/c1-10-7-6-8-11(2)18(10)15-9-14-12(3)16-17(5)13(14)4/h10-11,15H,6-9H2,1-5H3. The molecule has 4 nitrogen and oxygen atoms in total. The number of hydrogen-bond acceptors (Lipinski definition) is 3. The van der Waals surface area contributed by atoms with Gasteiger partial charge in [0, 0.05) is 36.9 Å². The highest BCUT2D eigenvalue weighted by molar-refractivity contribution is 5.23. The molecule has 0 radical (unpaired) electrons. The highest BCUT2D eigenvalue weighted by Gasteiger charge is 2.24. The summed E-state index contributed by atoms with van der Waals surface area (Å²) in [5.74, 6) is 0. The van der Waals surface area contributed by atoms with Gasteiger partial charge in [0.1, 0.15) is 0 Å². The molecule has 18 heavy (non-hydrogen) atoms. The number of aryl methyl sites for hydroxylation is 2. The van der Waals surface area contributed by atoms with Crippen molar-refractivity contribution in [1.82, 2.24) is 20.2 Å². The van der Waals surface area contributed by atoms with Gasteiger partial charge in [-0.3, -0.25) is 10.1 Å². The molecule has 0 saturated carbocycles. The van der Waals surface area contributed by atoms with E-state index in [0.29, 0.717) is 12.1 Å². The maximum Gasteiger partial charge on any atom is 0.0641 e. The number of hydrogen-bond donors (Lipinski definition) is 1. The normalized spacial score (nSPS) is 25.6. The highest BCUT2D eigenvalue weighted by Crippen LogP contribution is 2.21. The lowest BCUT2D eigenvalue weighted by atomic mass is 10.00. The molecule has 0 amide bonds. The summed E-state index contributed by atoms with van der Waals surface area (Å²) in [7, 11) is 2.01. The summed E-state index contributed by atoms with van der Waals surface area (Å²) in [5, 5.41) is 6.90. The molecular formula is C14H26N4. The molecule has 2 unspecified atom stereocenters. The average Bonchev–Trinajstić information content (AvgIpc) is 2.54. The summed E-state index contributed by atoms with van der Waals surface area (Å²) >= 11 is 0. The molecule has 1 N–H and O–H groups in total. The number of rotatable bonds is 3. The van der Waals surface area contributed by atoms with Gasteiger partial charge in [0.05, 0.1) is 5.69 Å². The van der Waals surface area contributed by atoms with Crippen molar-refractivity contribution in [2.24, 2.45) is 7.05 Å². The third kappa shape index (κ3) is 2.59. The summed E-state index contributed by atoms with van der Waals surface area (Å²) in [4.78, 5) is 0. The van der Waals surface area contributed by atoms with Crippen molar-refractivity contribution in [1.29, 1.82) is 0 Å². The van der Waals surface area contributed by atoms with Crippen LogP contribution in [0.15, 0.2) is 0 Å². The van der Waals surface area contributed by atoms with E-state index in [4.69, 9.17) is 0 Å². The Bertz CT molecular complexity index is 400. The average molecular weight is 250 g/mol. The van der Waals surface area contributed by atoms with Crippen LogP contribution in [0.5, 0.6) is 0 Å². The van der Waals surface area contributed by atoms with E-state index < -0.39 is 0 Å². The lowest BCUT2D eigenvalue weighted by Crippen LogP contribution is -2.51. The van der Waals surface area contributed by atoms with Crippen molar-refractivity contribution in [3.8, 4) is 0 Å². The van der Waals surface area contributed by atoms with Gasteiger partial charge >= 0.3 is 0 Å². The van der Waals surface area contributed by atoms with Gasteiger partial charge in [0.2, 0.25) is 0 Å². The van der Waals surface area contributed by atoms with E-state index in [1.807, 2.05) is 11.7 Å². The molecule has 2 heterocycles. The SMILES string of the molecule is Cc1nn(C)c(C)c1CNN1C(C)CCCC1C. The Kier molecular flexibility index (Phi) is 4.07. The summed E-state index contributed by atoms with van der Waals surface area (Å²) in [6.45, 7) is 9.74. The number of nitrogens with zero attached hydrogens (tertiary/aromatic N) is 3.